The Hall–Kier alpha value is 0.230. The maximum atomic E-state index is 5.94. The molecule has 0 N–H and O–H groups in total. The minimum Gasteiger partial charge on any atom is -0.293 e. The molecule has 0 aromatic carbocycles. The van der Waals surface area contributed by atoms with Gasteiger partial charge in [-0.2, -0.15) is 0 Å². The Labute approximate surface area is 128 Å². The fraction of sp³-hybridized carbons (Fsp3) is 1.00. The van der Waals surface area contributed by atoms with E-state index >= 15 is 0 Å². The summed E-state index contributed by atoms with van der Waals surface area (Å²) in [5.74, 6) is 1.59. The van der Waals surface area contributed by atoms with Gasteiger partial charge in [0.25, 0.3) is 0 Å². The number of unbranched alkanes of at least 4 members (excludes halogenated alkanes) is 2. The summed E-state index contributed by atoms with van der Waals surface area (Å²) < 4.78 is 17.8. The molecular weight excluding hydrogens is 272 g/mol. The molecule has 0 saturated heterocycles. The lowest BCUT2D eigenvalue weighted by Gasteiger charge is -2.39. The van der Waals surface area contributed by atoms with Gasteiger partial charge in [-0.15, -0.1) is 0 Å². The Morgan fingerprint density at radius 2 is 1.10 bits per heavy atom. The topological polar surface area (TPSA) is 27.7 Å². The van der Waals surface area contributed by atoms with Crippen LogP contribution in [0.15, 0.2) is 0 Å². The first-order valence-electron chi connectivity index (χ1n) is 8.41. The molecule has 4 heteroatoms. The second-order valence-electron chi connectivity index (χ2n) is 5.09. The molecule has 0 saturated carbocycles. The molecule has 0 aliphatic rings. The molecular formula is C16H36O3S. The van der Waals surface area contributed by atoms with Crippen molar-refractivity contribution in [3.63, 3.8) is 0 Å². The van der Waals surface area contributed by atoms with E-state index in [-0.39, 0.29) is 0 Å². The summed E-state index contributed by atoms with van der Waals surface area (Å²) in [6.45, 7) is 12.5. The van der Waals surface area contributed by atoms with Crippen molar-refractivity contribution in [2.45, 2.75) is 73.1 Å². The van der Waals surface area contributed by atoms with Crippen LogP contribution in [-0.4, -0.2) is 25.6 Å². The highest BCUT2D eigenvalue weighted by atomic mass is 32.3. The zero-order chi connectivity index (χ0) is 15.3. The Morgan fingerprint density at radius 3 is 1.40 bits per heavy atom. The lowest BCUT2D eigenvalue weighted by molar-refractivity contribution is 0.180. The van der Waals surface area contributed by atoms with Crippen LogP contribution in [0.3, 0.4) is 0 Å². The summed E-state index contributed by atoms with van der Waals surface area (Å²) in [5, 5.41) is 0. The summed E-state index contributed by atoms with van der Waals surface area (Å²) in [5.41, 5.74) is 0. The average molecular weight is 309 g/mol. The first kappa shape index (κ1) is 20.2. The Bertz CT molecular complexity index is 187. The van der Waals surface area contributed by atoms with E-state index in [0.717, 1.165) is 5.75 Å². The van der Waals surface area contributed by atoms with E-state index in [1.807, 2.05) is 20.8 Å². The fourth-order valence-corrected chi connectivity index (χ4v) is 4.85. The molecule has 0 spiro atoms. The van der Waals surface area contributed by atoms with Gasteiger partial charge >= 0.3 is 0 Å². The molecule has 0 rings (SSSR count). The lowest BCUT2D eigenvalue weighted by Crippen LogP contribution is -2.22. The smallest absolute Gasteiger partial charge is 0.0890 e. The summed E-state index contributed by atoms with van der Waals surface area (Å²) in [6.07, 6.45) is 7.60. The average Bonchev–Trinajstić information content (AvgIpc) is 2.42. The largest absolute Gasteiger partial charge is 0.293 e. The summed E-state index contributed by atoms with van der Waals surface area (Å²) in [7, 11) is -1.81. The molecule has 0 heterocycles. The maximum absolute atomic E-state index is 5.94. The van der Waals surface area contributed by atoms with Crippen molar-refractivity contribution in [2.75, 3.05) is 25.6 Å². The van der Waals surface area contributed by atoms with Gasteiger partial charge in [0, 0.05) is 5.75 Å². The second-order valence-corrected chi connectivity index (χ2v) is 7.25. The van der Waals surface area contributed by atoms with Crippen LogP contribution in [0.25, 0.3) is 0 Å². The molecule has 0 aromatic rings. The maximum Gasteiger partial charge on any atom is 0.0890 e. The Balaban J connectivity index is 4.71. The molecule has 0 aromatic heterocycles. The van der Waals surface area contributed by atoms with E-state index in [1.54, 1.807) is 0 Å². The van der Waals surface area contributed by atoms with Crippen LogP contribution in [0.1, 0.15) is 73.1 Å². The van der Waals surface area contributed by atoms with Gasteiger partial charge in [0.15, 0.2) is 0 Å². The second kappa shape index (κ2) is 12.9. The zero-order valence-corrected chi connectivity index (χ0v) is 15.1. The van der Waals surface area contributed by atoms with E-state index in [4.69, 9.17) is 12.5 Å². The van der Waals surface area contributed by atoms with Crippen LogP contribution in [0.4, 0.5) is 0 Å². The van der Waals surface area contributed by atoms with Gasteiger partial charge in [-0.3, -0.25) is 12.5 Å². The molecule has 124 valence electrons. The SMILES string of the molecule is CCCCC(CCCC)CS(OCC)(OCC)OCC. The summed E-state index contributed by atoms with van der Waals surface area (Å²) in [4.78, 5) is 0. The van der Waals surface area contributed by atoms with Crippen molar-refractivity contribution >= 4 is 10.9 Å². The van der Waals surface area contributed by atoms with E-state index in [0.29, 0.717) is 25.7 Å². The minimum atomic E-state index is -1.81. The first-order chi connectivity index (χ1) is 9.67. The van der Waals surface area contributed by atoms with Gasteiger partial charge in [-0.1, -0.05) is 39.5 Å². The molecule has 0 unspecified atom stereocenters. The van der Waals surface area contributed by atoms with Crippen LogP contribution in [-0.2, 0) is 12.5 Å². The zero-order valence-electron chi connectivity index (χ0n) is 14.3. The van der Waals surface area contributed by atoms with E-state index in [2.05, 4.69) is 13.8 Å². The van der Waals surface area contributed by atoms with Crippen LogP contribution >= 0.6 is 10.9 Å². The molecule has 20 heavy (non-hydrogen) atoms. The Morgan fingerprint density at radius 1 is 0.700 bits per heavy atom. The fourth-order valence-electron chi connectivity index (χ4n) is 2.37. The van der Waals surface area contributed by atoms with Crippen molar-refractivity contribution in [1.82, 2.24) is 0 Å². The van der Waals surface area contributed by atoms with Crippen molar-refractivity contribution in [1.29, 1.82) is 0 Å². The normalized spacial score (nSPS) is 13.1. The van der Waals surface area contributed by atoms with Gasteiger partial charge < -0.3 is 0 Å². The Kier molecular flexibility index (Phi) is 13.1. The van der Waals surface area contributed by atoms with Gasteiger partial charge in [0.2, 0.25) is 0 Å². The molecule has 0 bridgehead atoms. The molecule has 0 fully saturated rings. The van der Waals surface area contributed by atoms with E-state index in [9.17, 15) is 0 Å². The minimum absolute atomic E-state index is 0.656. The molecule has 0 aliphatic carbocycles. The van der Waals surface area contributed by atoms with Crippen molar-refractivity contribution in [3.05, 3.63) is 0 Å². The highest BCUT2D eigenvalue weighted by molar-refractivity contribution is 8.21. The van der Waals surface area contributed by atoms with Gasteiger partial charge in [0.05, 0.1) is 30.7 Å². The molecule has 0 amide bonds. The van der Waals surface area contributed by atoms with Crippen LogP contribution in [0, 0.1) is 5.92 Å². The number of rotatable bonds is 14. The lowest BCUT2D eigenvalue weighted by atomic mass is 9.98. The first-order valence-corrected chi connectivity index (χ1v) is 9.99. The van der Waals surface area contributed by atoms with E-state index in [1.165, 1.54) is 38.5 Å². The predicted octanol–water partition coefficient (Wildman–Crippen LogP) is 5.64. The third-order valence-corrected chi connectivity index (χ3v) is 5.93. The van der Waals surface area contributed by atoms with Gasteiger partial charge in [0.1, 0.15) is 0 Å². The monoisotopic (exact) mass is 308 g/mol. The third kappa shape index (κ3) is 8.50. The van der Waals surface area contributed by atoms with Crippen LogP contribution in [0.5, 0.6) is 0 Å². The van der Waals surface area contributed by atoms with Crippen LogP contribution in [0.2, 0.25) is 0 Å². The van der Waals surface area contributed by atoms with Crippen molar-refractivity contribution < 1.29 is 12.5 Å². The van der Waals surface area contributed by atoms with Crippen molar-refractivity contribution in [3.8, 4) is 0 Å². The van der Waals surface area contributed by atoms with Gasteiger partial charge in [-0.05, 0) is 39.5 Å². The highest BCUT2D eigenvalue weighted by Crippen LogP contribution is 2.53. The predicted molar refractivity (Wildman–Crippen MR) is 89.9 cm³/mol. The highest BCUT2D eigenvalue weighted by Gasteiger charge is 2.30. The van der Waals surface area contributed by atoms with Crippen LogP contribution < -0.4 is 0 Å². The van der Waals surface area contributed by atoms with Crippen molar-refractivity contribution in [2.24, 2.45) is 5.92 Å². The molecule has 0 aliphatic heterocycles. The summed E-state index contributed by atoms with van der Waals surface area (Å²) >= 11 is 0. The molecule has 0 atom stereocenters. The third-order valence-electron chi connectivity index (χ3n) is 3.26. The molecule has 0 radical (unpaired) electrons. The number of hydrogen-bond donors (Lipinski definition) is 0. The van der Waals surface area contributed by atoms with E-state index < -0.39 is 10.9 Å². The molecule has 3 nitrogen and oxygen atoms in total. The summed E-state index contributed by atoms with van der Waals surface area (Å²) in [6, 6.07) is 0. The number of hydrogen-bond acceptors (Lipinski definition) is 3. The quantitative estimate of drug-likeness (QED) is 0.415. The van der Waals surface area contributed by atoms with Gasteiger partial charge in [-0.25, -0.2) is 0 Å². The standard InChI is InChI=1S/C16H36O3S/c1-6-11-13-16(14-12-7-2)15-20(17-8-3,18-9-4)19-10-5/h16H,6-15H2,1-5H3.